The van der Waals surface area contributed by atoms with Gasteiger partial charge in [0.05, 0.1) is 26.3 Å². The van der Waals surface area contributed by atoms with Gasteiger partial charge in [-0.3, -0.25) is 19.4 Å². The second-order valence-corrected chi connectivity index (χ2v) is 11.9. The van der Waals surface area contributed by atoms with Gasteiger partial charge in [-0.1, -0.05) is 48.0 Å². The number of benzene rings is 3. The molecule has 0 aliphatic carbocycles. The van der Waals surface area contributed by atoms with Crippen molar-refractivity contribution in [2.24, 2.45) is 4.99 Å². The number of hydrogen-bond donors (Lipinski definition) is 0. The maximum absolute atomic E-state index is 13.9. The van der Waals surface area contributed by atoms with Crippen LogP contribution in [0.25, 0.3) is 0 Å². The molecule has 44 heavy (non-hydrogen) atoms. The first kappa shape index (κ1) is 29.8. The Bertz CT molecular complexity index is 1570. The van der Waals surface area contributed by atoms with Gasteiger partial charge in [0, 0.05) is 61.5 Å². The Morgan fingerprint density at radius 3 is 2.32 bits per heavy atom. The molecule has 3 aliphatic heterocycles. The molecule has 9 nitrogen and oxygen atoms in total. The number of carbonyl (C=O) groups excluding carboxylic acids is 3. The van der Waals surface area contributed by atoms with Crippen molar-refractivity contribution in [3.63, 3.8) is 0 Å². The second kappa shape index (κ2) is 13.2. The van der Waals surface area contributed by atoms with E-state index < -0.39 is 0 Å². The van der Waals surface area contributed by atoms with E-state index in [4.69, 9.17) is 16.3 Å². The maximum atomic E-state index is 13.9. The van der Waals surface area contributed by atoms with Gasteiger partial charge in [0.25, 0.3) is 5.91 Å². The average Bonchev–Trinajstić information content (AvgIpc) is 3.43. The number of carbonyl (C=O) groups is 3. The summed E-state index contributed by atoms with van der Waals surface area (Å²) in [5, 5.41) is 0.544. The molecule has 0 saturated carbocycles. The van der Waals surface area contributed by atoms with Crippen LogP contribution < -0.4 is 4.90 Å². The maximum Gasteiger partial charge on any atom is 0.254 e. The molecule has 0 N–H and O–H groups in total. The molecular weight excluding hydrogens is 578 g/mol. The van der Waals surface area contributed by atoms with Gasteiger partial charge < -0.3 is 24.3 Å². The van der Waals surface area contributed by atoms with Crippen molar-refractivity contribution in [1.82, 2.24) is 14.7 Å². The summed E-state index contributed by atoms with van der Waals surface area (Å²) in [6.45, 7) is 4.65. The van der Waals surface area contributed by atoms with Gasteiger partial charge in [-0.05, 0) is 53.4 Å². The summed E-state index contributed by atoms with van der Waals surface area (Å²) in [5.74, 6) is 0.680. The van der Waals surface area contributed by atoms with Crippen LogP contribution in [0.2, 0.25) is 5.02 Å². The van der Waals surface area contributed by atoms with Crippen LogP contribution in [-0.2, 0) is 33.8 Å². The van der Waals surface area contributed by atoms with E-state index in [0.29, 0.717) is 56.3 Å². The molecule has 10 heteroatoms. The van der Waals surface area contributed by atoms with E-state index in [-0.39, 0.29) is 30.8 Å². The summed E-state index contributed by atoms with van der Waals surface area (Å²) < 4.78 is 5.38. The van der Waals surface area contributed by atoms with Crippen LogP contribution in [-0.4, -0.2) is 91.2 Å². The number of ether oxygens (including phenoxy) is 1. The van der Waals surface area contributed by atoms with E-state index in [0.717, 1.165) is 46.9 Å². The normalized spacial score (nSPS) is 17.0. The molecule has 0 spiro atoms. The number of morpholine rings is 1. The largest absolute Gasteiger partial charge is 0.378 e. The zero-order valence-electron chi connectivity index (χ0n) is 24.9. The summed E-state index contributed by atoms with van der Waals surface area (Å²) in [6, 6.07) is 20.9. The van der Waals surface area contributed by atoms with Crippen LogP contribution in [0.5, 0.6) is 0 Å². The van der Waals surface area contributed by atoms with Crippen LogP contribution in [0.1, 0.15) is 39.0 Å². The molecule has 0 atom stereocenters. The lowest BCUT2D eigenvalue weighted by Crippen LogP contribution is -2.40. The van der Waals surface area contributed by atoms with Gasteiger partial charge in [0.15, 0.2) is 0 Å². The van der Waals surface area contributed by atoms with Crippen LogP contribution in [0, 0.1) is 0 Å². The summed E-state index contributed by atoms with van der Waals surface area (Å²) in [4.78, 5) is 52.2. The minimum atomic E-state index is -0.228. The van der Waals surface area contributed by atoms with Crippen molar-refractivity contribution in [1.29, 1.82) is 0 Å². The zero-order chi connectivity index (χ0) is 30.6. The molecule has 0 aromatic heterocycles. The van der Waals surface area contributed by atoms with Crippen LogP contribution in [0.15, 0.2) is 71.7 Å². The topological polar surface area (TPSA) is 85.8 Å². The number of halogens is 1. The number of fused-ring (bicyclic) bond motifs is 1. The number of hydrogen-bond acceptors (Lipinski definition) is 6. The number of amidine groups is 1. The monoisotopic (exact) mass is 613 g/mol. The summed E-state index contributed by atoms with van der Waals surface area (Å²) in [5.41, 5.74) is 5.11. The Morgan fingerprint density at radius 1 is 0.886 bits per heavy atom. The summed E-state index contributed by atoms with van der Waals surface area (Å²) in [7, 11) is 2.04. The van der Waals surface area contributed by atoms with Crippen LogP contribution in [0.4, 0.5) is 5.69 Å². The molecule has 3 aromatic rings. The highest BCUT2D eigenvalue weighted by atomic mass is 35.5. The number of anilines is 1. The predicted molar refractivity (Wildman–Crippen MR) is 170 cm³/mol. The van der Waals surface area contributed by atoms with Gasteiger partial charge in [0.1, 0.15) is 12.4 Å². The van der Waals surface area contributed by atoms with E-state index in [1.54, 1.807) is 34.1 Å². The molecule has 3 aromatic carbocycles. The predicted octanol–water partition coefficient (Wildman–Crippen LogP) is 4.01. The molecule has 0 unspecified atom stereocenters. The molecule has 228 valence electrons. The Morgan fingerprint density at radius 2 is 1.61 bits per heavy atom. The van der Waals surface area contributed by atoms with Crippen molar-refractivity contribution in [3.8, 4) is 0 Å². The first-order valence-corrected chi connectivity index (χ1v) is 15.4. The van der Waals surface area contributed by atoms with Crippen molar-refractivity contribution in [3.05, 3.63) is 99.6 Å². The van der Waals surface area contributed by atoms with Crippen molar-refractivity contribution < 1.29 is 19.1 Å². The molecular formula is C34H36ClN5O4. The fourth-order valence-electron chi connectivity index (χ4n) is 5.89. The third-order valence-corrected chi connectivity index (χ3v) is 8.66. The van der Waals surface area contributed by atoms with Crippen molar-refractivity contribution in [2.45, 2.75) is 25.9 Å². The van der Waals surface area contributed by atoms with E-state index in [1.165, 1.54) is 0 Å². The number of rotatable bonds is 7. The number of aryl methyl sites for hydroxylation is 1. The molecule has 0 bridgehead atoms. The van der Waals surface area contributed by atoms with Gasteiger partial charge in [-0.15, -0.1) is 0 Å². The first-order chi connectivity index (χ1) is 21.4. The van der Waals surface area contributed by atoms with Gasteiger partial charge >= 0.3 is 0 Å². The lowest BCUT2D eigenvalue weighted by Gasteiger charge is -2.27. The van der Waals surface area contributed by atoms with E-state index in [9.17, 15) is 14.4 Å². The lowest BCUT2D eigenvalue weighted by atomic mass is 10.0. The standard InChI is InChI=1S/C34H36ClN5O4/c1-37-15-14-36-33(37)26-6-3-25(4-7-26)21-40-30-20-24(5-13-31(41)38-16-18-44-19-17-38)2-8-28(30)22-39(23-32(40)42)34(43)27-9-11-29(35)12-10-27/h2-4,6-12,20H,5,13-19,21-23H2,1H3. The molecule has 6 rings (SSSR count). The van der Waals surface area contributed by atoms with Gasteiger partial charge in [-0.2, -0.15) is 0 Å². The Balaban J connectivity index is 1.26. The molecule has 3 aliphatic rings. The van der Waals surface area contributed by atoms with Crippen molar-refractivity contribution in [2.75, 3.05) is 57.9 Å². The SMILES string of the molecule is CN1CCN=C1c1ccc(CN2C(=O)CN(C(=O)c3ccc(Cl)cc3)Cc3ccc(CCC(=O)N4CCOCC4)cc32)cc1. The Labute approximate surface area is 262 Å². The average molecular weight is 614 g/mol. The van der Waals surface area contributed by atoms with E-state index >= 15 is 0 Å². The molecule has 3 heterocycles. The highest BCUT2D eigenvalue weighted by molar-refractivity contribution is 6.30. The fraction of sp³-hybridized carbons (Fsp3) is 0.353. The summed E-state index contributed by atoms with van der Waals surface area (Å²) >= 11 is 6.05. The smallest absolute Gasteiger partial charge is 0.254 e. The van der Waals surface area contributed by atoms with Crippen LogP contribution >= 0.6 is 11.6 Å². The Hall–Kier alpha value is -4.21. The fourth-order valence-corrected chi connectivity index (χ4v) is 6.02. The Kier molecular flexibility index (Phi) is 8.95. The van der Waals surface area contributed by atoms with Gasteiger partial charge in [-0.25, -0.2) is 0 Å². The first-order valence-electron chi connectivity index (χ1n) is 15.0. The number of nitrogens with zero attached hydrogens (tertiary/aromatic N) is 5. The highest BCUT2D eigenvalue weighted by Crippen LogP contribution is 2.30. The highest BCUT2D eigenvalue weighted by Gasteiger charge is 2.30. The third-order valence-electron chi connectivity index (χ3n) is 8.41. The minimum absolute atomic E-state index is 0.0549. The number of likely N-dealkylation sites (N-methyl/N-ethyl adjacent to an activating group) is 1. The molecule has 1 fully saturated rings. The molecule has 0 radical (unpaired) electrons. The number of amides is 3. The van der Waals surface area contributed by atoms with Crippen molar-refractivity contribution >= 4 is 40.8 Å². The third kappa shape index (κ3) is 6.64. The molecule has 1 saturated heterocycles. The van der Waals surface area contributed by atoms with E-state index in [1.807, 2.05) is 54.4 Å². The lowest BCUT2D eigenvalue weighted by molar-refractivity contribution is -0.135. The van der Waals surface area contributed by atoms with E-state index in [2.05, 4.69) is 9.89 Å². The quantitative estimate of drug-likeness (QED) is 0.402. The summed E-state index contributed by atoms with van der Waals surface area (Å²) in [6.07, 6.45) is 0.941. The minimum Gasteiger partial charge on any atom is -0.378 e. The van der Waals surface area contributed by atoms with Crippen LogP contribution in [0.3, 0.4) is 0 Å². The zero-order valence-corrected chi connectivity index (χ0v) is 25.6. The van der Waals surface area contributed by atoms with Gasteiger partial charge in [0.2, 0.25) is 11.8 Å². The molecule has 3 amide bonds. The number of aliphatic imine (C=N–C) groups is 1. The second-order valence-electron chi connectivity index (χ2n) is 11.4.